The summed E-state index contributed by atoms with van der Waals surface area (Å²) < 4.78 is 0. The molecule has 0 aliphatic heterocycles. The summed E-state index contributed by atoms with van der Waals surface area (Å²) in [6.07, 6.45) is 6.12. The molecule has 4 rings (SSSR count). The van der Waals surface area contributed by atoms with Crippen LogP contribution in [0.3, 0.4) is 0 Å². The summed E-state index contributed by atoms with van der Waals surface area (Å²) in [6.45, 7) is 0. The predicted molar refractivity (Wildman–Crippen MR) is 98.9 cm³/mol. The number of phenols is 2. The molecule has 0 amide bonds. The quantitative estimate of drug-likeness (QED) is 0.312. The van der Waals surface area contributed by atoms with Crippen molar-refractivity contribution in [1.29, 1.82) is 0 Å². The molecule has 0 bridgehead atoms. The van der Waals surface area contributed by atoms with Gasteiger partial charge in [0.05, 0.1) is 5.75 Å². The molecule has 128 valence electrons. The minimum absolute atomic E-state index is 0.115. The van der Waals surface area contributed by atoms with Gasteiger partial charge in [-0.15, -0.1) is 11.3 Å². The van der Waals surface area contributed by atoms with Crippen LogP contribution in [-0.4, -0.2) is 31.7 Å². The van der Waals surface area contributed by atoms with Gasteiger partial charge in [0.15, 0.2) is 17.3 Å². The highest BCUT2D eigenvalue weighted by atomic mass is 32.2. The van der Waals surface area contributed by atoms with Crippen molar-refractivity contribution in [2.24, 2.45) is 0 Å². The standard InChI is InChI=1S/C18H16N2O3S2/c21-12-6-5-10(7-13(12)22)14(23)8-24-17-16-11-3-1-2-4-15(11)25-18(16)20-9-19-17/h5-7,9,21-22H,1-4,8H2. The Labute approximate surface area is 152 Å². The van der Waals surface area contributed by atoms with E-state index in [0.29, 0.717) is 5.56 Å². The Morgan fingerprint density at radius 2 is 2.00 bits per heavy atom. The summed E-state index contributed by atoms with van der Waals surface area (Å²) >= 11 is 3.14. The van der Waals surface area contributed by atoms with Gasteiger partial charge < -0.3 is 10.2 Å². The Morgan fingerprint density at radius 1 is 1.16 bits per heavy atom. The number of benzene rings is 1. The monoisotopic (exact) mass is 372 g/mol. The van der Waals surface area contributed by atoms with Gasteiger partial charge in [-0.25, -0.2) is 9.97 Å². The highest BCUT2D eigenvalue weighted by molar-refractivity contribution is 8.00. The number of carbonyl (C=O) groups is 1. The number of phenolic OH excluding ortho intramolecular Hbond substituents is 2. The Bertz CT molecular complexity index is 968. The molecular weight excluding hydrogens is 356 g/mol. The van der Waals surface area contributed by atoms with Gasteiger partial charge in [-0.05, 0) is 49.4 Å². The van der Waals surface area contributed by atoms with Gasteiger partial charge >= 0.3 is 0 Å². The lowest BCUT2D eigenvalue weighted by molar-refractivity contribution is 0.102. The molecule has 1 aliphatic rings. The van der Waals surface area contributed by atoms with Gasteiger partial charge in [0.2, 0.25) is 0 Å². The molecule has 7 heteroatoms. The number of Topliss-reactive ketones (excluding diaryl/α,β-unsaturated/α-hetero) is 1. The van der Waals surface area contributed by atoms with Crippen LogP contribution in [-0.2, 0) is 12.8 Å². The van der Waals surface area contributed by atoms with Crippen molar-refractivity contribution in [3.8, 4) is 11.5 Å². The summed E-state index contributed by atoms with van der Waals surface area (Å²) in [5.74, 6) is -0.407. The molecule has 1 aliphatic carbocycles. The first-order valence-corrected chi connectivity index (χ1v) is 9.87. The summed E-state index contributed by atoms with van der Waals surface area (Å²) in [5.41, 5.74) is 1.73. The van der Waals surface area contributed by atoms with Crippen LogP contribution in [0.1, 0.15) is 33.6 Å². The van der Waals surface area contributed by atoms with Gasteiger partial charge in [-0.1, -0.05) is 11.8 Å². The number of aryl methyl sites for hydroxylation is 2. The van der Waals surface area contributed by atoms with Crippen LogP contribution in [0.2, 0.25) is 0 Å². The van der Waals surface area contributed by atoms with E-state index in [1.807, 2.05) is 0 Å². The number of rotatable bonds is 4. The molecule has 0 fully saturated rings. The molecule has 0 spiro atoms. The smallest absolute Gasteiger partial charge is 0.173 e. The summed E-state index contributed by atoms with van der Waals surface area (Å²) in [5, 5.41) is 20.9. The number of thiophene rings is 1. The van der Waals surface area contributed by atoms with Gasteiger partial charge in [0.25, 0.3) is 0 Å². The fourth-order valence-corrected chi connectivity index (χ4v) is 5.30. The number of nitrogens with zero attached hydrogens (tertiary/aromatic N) is 2. The van der Waals surface area contributed by atoms with Crippen LogP contribution in [0.15, 0.2) is 29.6 Å². The SMILES string of the molecule is O=C(CSc1ncnc2sc3c(c12)CCCC3)c1ccc(O)c(O)c1. The van der Waals surface area contributed by atoms with Crippen molar-refractivity contribution in [2.45, 2.75) is 30.7 Å². The zero-order valence-corrected chi connectivity index (χ0v) is 15.0. The lowest BCUT2D eigenvalue weighted by Crippen LogP contribution is -2.03. The number of aromatic nitrogens is 2. The van der Waals surface area contributed by atoms with E-state index in [4.69, 9.17) is 0 Å². The molecule has 0 unspecified atom stereocenters. The predicted octanol–water partition coefficient (Wildman–Crippen LogP) is 3.96. The third-order valence-corrected chi connectivity index (χ3v) is 6.54. The van der Waals surface area contributed by atoms with Crippen molar-refractivity contribution < 1.29 is 15.0 Å². The van der Waals surface area contributed by atoms with Crippen LogP contribution in [0, 0.1) is 0 Å². The molecule has 2 N–H and O–H groups in total. The molecular formula is C18H16N2O3S2. The zero-order valence-electron chi connectivity index (χ0n) is 13.4. The minimum atomic E-state index is -0.285. The van der Waals surface area contributed by atoms with E-state index in [1.165, 1.54) is 53.2 Å². The normalized spacial score (nSPS) is 13.8. The Morgan fingerprint density at radius 3 is 2.84 bits per heavy atom. The van der Waals surface area contributed by atoms with E-state index < -0.39 is 0 Å². The highest BCUT2D eigenvalue weighted by Crippen LogP contribution is 2.39. The van der Waals surface area contributed by atoms with Crippen molar-refractivity contribution in [1.82, 2.24) is 9.97 Å². The van der Waals surface area contributed by atoms with Crippen molar-refractivity contribution in [3.05, 3.63) is 40.5 Å². The number of fused-ring (bicyclic) bond motifs is 3. The van der Waals surface area contributed by atoms with E-state index in [1.54, 1.807) is 17.7 Å². The van der Waals surface area contributed by atoms with Crippen LogP contribution >= 0.6 is 23.1 Å². The van der Waals surface area contributed by atoms with Crippen molar-refractivity contribution >= 4 is 39.1 Å². The summed E-state index contributed by atoms with van der Waals surface area (Å²) in [6, 6.07) is 4.13. The number of hydrogen-bond donors (Lipinski definition) is 2. The number of carbonyl (C=O) groups excluding carboxylic acids is 1. The highest BCUT2D eigenvalue weighted by Gasteiger charge is 2.20. The van der Waals surface area contributed by atoms with Gasteiger partial charge in [0.1, 0.15) is 16.2 Å². The maximum absolute atomic E-state index is 12.4. The van der Waals surface area contributed by atoms with E-state index in [0.717, 1.165) is 28.1 Å². The maximum atomic E-state index is 12.4. The largest absolute Gasteiger partial charge is 0.504 e. The second-order valence-corrected chi connectivity index (χ2v) is 8.03. The Hall–Kier alpha value is -2.12. The third-order valence-electron chi connectivity index (χ3n) is 4.35. The second-order valence-electron chi connectivity index (χ2n) is 5.99. The van der Waals surface area contributed by atoms with E-state index in [-0.39, 0.29) is 23.0 Å². The molecule has 2 heterocycles. The first kappa shape index (κ1) is 16.4. The second kappa shape index (κ2) is 6.65. The van der Waals surface area contributed by atoms with Crippen LogP contribution in [0.5, 0.6) is 11.5 Å². The van der Waals surface area contributed by atoms with E-state index in [9.17, 15) is 15.0 Å². The number of hydrogen-bond acceptors (Lipinski definition) is 7. The van der Waals surface area contributed by atoms with Crippen LogP contribution in [0.25, 0.3) is 10.2 Å². The van der Waals surface area contributed by atoms with Gasteiger partial charge in [-0.3, -0.25) is 4.79 Å². The summed E-state index contributed by atoms with van der Waals surface area (Å²) in [4.78, 5) is 23.6. The lowest BCUT2D eigenvalue weighted by atomic mass is 9.97. The Balaban J connectivity index is 1.59. The lowest BCUT2D eigenvalue weighted by Gasteiger charge is -2.11. The van der Waals surface area contributed by atoms with Crippen molar-refractivity contribution in [3.63, 3.8) is 0 Å². The third kappa shape index (κ3) is 3.09. The average Bonchev–Trinajstić information content (AvgIpc) is 3.01. The van der Waals surface area contributed by atoms with Gasteiger partial charge in [0, 0.05) is 15.8 Å². The molecule has 0 atom stereocenters. The molecule has 2 aromatic heterocycles. The van der Waals surface area contributed by atoms with E-state index in [2.05, 4.69) is 9.97 Å². The fourth-order valence-electron chi connectivity index (χ4n) is 3.08. The molecule has 25 heavy (non-hydrogen) atoms. The topological polar surface area (TPSA) is 83.3 Å². The van der Waals surface area contributed by atoms with Gasteiger partial charge in [-0.2, -0.15) is 0 Å². The zero-order chi connectivity index (χ0) is 17.4. The number of aromatic hydroxyl groups is 2. The number of thioether (sulfide) groups is 1. The molecule has 3 aromatic rings. The molecule has 1 aromatic carbocycles. The number of ketones is 1. The minimum Gasteiger partial charge on any atom is -0.504 e. The first-order chi connectivity index (χ1) is 12.1. The van der Waals surface area contributed by atoms with Crippen molar-refractivity contribution in [2.75, 3.05) is 5.75 Å². The molecule has 5 nitrogen and oxygen atoms in total. The molecule has 0 radical (unpaired) electrons. The van der Waals surface area contributed by atoms with Crippen LogP contribution < -0.4 is 0 Å². The summed E-state index contributed by atoms with van der Waals surface area (Å²) in [7, 11) is 0. The Kier molecular flexibility index (Phi) is 4.35. The molecule has 0 saturated heterocycles. The van der Waals surface area contributed by atoms with Crippen LogP contribution in [0.4, 0.5) is 0 Å². The first-order valence-electron chi connectivity index (χ1n) is 8.06. The maximum Gasteiger partial charge on any atom is 0.173 e. The van der Waals surface area contributed by atoms with E-state index >= 15 is 0 Å². The fraction of sp³-hybridized carbons (Fsp3) is 0.278. The molecule has 0 saturated carbocycles. The average molecular weight is 372 g/mol.